The van der Waals surface area contributed by atoms with Crippen molar-refractivity contribution in [2.75, 3.05) is 5.32 Å². The van der Waals surface area contributed by atoms with E-state index >= 15 is 0 Å². The third-order valence-corrected chi connectivity index (χ3v) is 3.99. The summed E-state index contributed by atoms with van der Waals surface area (Å²) in [6, 6.07) is 14.7. The van der Waals surface area contributed by atoms with Crippen molar-refractivity contribution in [1.29, 1.82) is 0 Å². The third-order valence-electron chi connectivity index (χ3n) is 3.99. The van der Waals surface area contributed by atoms with Gasteiger partial charge in [-0.25, -0.2) is 9.59 Å². The molecule has 1 fully saturated rings. The molecule has 1 saturated heterocycles. The van der Waals surface area contributed by atoms with E-state index in [9.17, 15) is 14.4 Å². The van der Waals surface area contributed by atoms with Crippen LogP contribution >= 0.6 is 0 Å². The summed E-state index contributed by atoms with van der Waals surface area (Å²) in [7, 11) is 0. The molecule has 0 bridgehead atoms. The van der Waals surface area contributed by atoms with Crippen LogP contribution in [0.15, 0.2) is 60.3 Å². The molecule has 2 aromatic rings. The summed E-state index contributed by atoms with van der Waals surface area (Å²) in [5.41, 5.74) is 2.99. The van der Waals surface area contributed by atoms with Gasteiger partial charge in [-0.15, -0.1) is 0 Å². The van der Waals surface area contributed by atoms with Crippen molar-refractivity contribution in [3.63, 3.8) is 0 Å². The van der Waals surface area contributed by atoms with Gasteiger partial charge in [0.15, 0.2) is 11.4 Å². The molecule has 0 aromatic heterocycles. The average molecular weight is 365 g/mol. The number of anilines is 1. The largest absolute Gasteiger partial charge is 0.419 e. The van der Waals surface area contributed by atoms with Crippen LogP contribution in [-0.4, -0.2) is 23.5 Å². The highest BCUT2D eigenvalue weighted by Crippen LogP contribution is 2.24. The Hall–Kier alpha value is -3.41. The van der Waals surface area contributed by atoms with Gasteiger partial charge in [0.25, 0.3) is 5.79 Å². The molecule has 1 aliphatic heterocycles. The van der Waals surface area contributed by atoms with Crippen molar-refractivity contribution in [1.82, 2.24) is 0 Å². The monoisotopic (exact) mass is 365 g/mol. The SMILES string of the molecule is CC(=O)c1cccc(-c2ccc(NC=C3C(=O)OC(C)(C)OC3=O)cc2)c1. The summed E-state index contributed by atoms with van der Waals surface area (Å²) in [5, 5.41) is 2.89. The Kier molecular flexibility index (Phi) is 4.81. The number of esters is 2. The Balaban J connectivity index is 1.75. The number of hydrogen-bond donors (Lipinski definition) is 1. The summed E-state index contributed by atoms with van der Waals surface area (Å²) < 4.78 is 10.1. The van der Waals surface area contributed by atoms with E-state index in [2.05, 4.69) is 5.32 Å². The fourth-order valence-electron chi connectivity index (χ4n) is 2.61. The zero-order valence-corrected chi connectivity index (χ0v) is 15.2. The molecule has 138 valence electrons. The number of Topliss-reactive ketones (excluding diaryl/α,β-unsaturated/α-hetero) is 1. The van der Waals surface area contributed by atoms with Gasteiger partial charge in [0, 0.05) is 31.3 Å². The molecule has 0 radical (unpaired) electrons. The fraction of sp³-hybridized carbons (Fsp3) is 0.190. The maximum absolute atomic E-state index is 11.9. The first-order valence-corrected chi connectivity index (χ1v) is 8.40. The summed E-state index contributed by atoms with van der Waals surface area (Å²) in [6.07, 6.45) is 1.27. The molecule has 6 nitrogen and oxygen atoms in total. The second-order valence-corrected chi connectivity index (χ2v) is 6.60. The molecule has 6 heteroatoms. The van der Waals surface area contributed by atoms with Crippen LogP contribution in [0.1, 0.15) is 31.1 Å². The smallest absolute Gasteiger partial charge is 0.350 e. The maximum atomic E-state index is 11.9. The lowest BCUT2D eigenvalue weighted by molar-refractivity contribution is -0.222. The summed E-state index contributed by atoms with van der Waals surface area (Å²) in [5.74, 6) is -2.72. The molecule has 2 aromatic carbocycles. The lowest BCUT2D eigenvalue weighted by atomic mass is 10.0. The quantitative estimate of drug-likeness (QED) is 0.385. The first-order valence-electron chi connectivity index (χ1n) is 8.40. The van der Waals surface area contributed by atoms with Gasteiger partial charge in [-0.1, -0.05) is 30.3 Å². The van der Waals surface area contributed by atoms with Crippen molar-refractivity contribution in [3.05, 3.63) is 65.9 Å². The number of nitrogens with one attached hydrogen (secondary N) is 1. The number of rotatable bonds is 4. The lowest BCUT2D eigenvalue weighted by Crippen LogP contribution is -2.42. The highest BCUT2D eigenvalue weighted by molar-refractivity contribution is 6.15. The van der Waals surface area contributed by atoms with Crippen LogP contribution < -0.4 is 5.32 Å². The minimum Gasteiger partial charge on any atom is -0.419 e. The standard InChI is InChI=1S/C21H19NO5/c1-13(23)15-5-4-6-16(11-15)14-7-9-17(10-8-14)22-12-18-19(24)26-21(2,3)27-20(18)25/h4-12,22H,1-3H3. The van der Waals surface area contributed by atoms with Crippen LogP contribution in [0.5, 0.6) is 0 Å². The highest BCUT2D eigenvalue weighted by Gasteiger charge is 2.38. The molecule has 0 amide bonds. The first-order chi connectivity index (χ1) is 12.7. The number of cyclic esters (lactones) is 2. The van der Waals surface area contributed by atoms with Gasteiger partial charge in [-0.05, 0) is 36.2 Å². The third kappa shape index (κ3) is 4.23. The molecule has 3 rings (SSSR count). The molecule has 1 aliphatic rings. The maximum Gasteiger partial charge on any atom is 0.350 e. The van der Waals surface area contributed by atoms with E-state index in [4.69, 9.17) is 9.47 Å². The molecule has 0 spiro atoms. The van der Waals surface area contributed by atoms with Crippen molar-refractivity contribution in [2.45, 2.75) is 26.6 Å². The second kappa shape index (κ2) is 7.07. The minimum atomic E-state index is -1.26. The fourth-order valence-corrected chi connectivity index (χ4v) is 2.61. The van der Waals surface area contributed by atoms with Crippen LogP contribution in [0.4, 0.5) is 5.69 Å². The topological polar surface area (TPSA) is 81.7 Å². The van der Waals surface area contributed by atoms with Crippen LogP contribution in [0.3, 0.4) is 0 Å². The normalized spacial score (nSPS) is 15.6. The van der Waals surface area contributed by atoms with Crippen LogP contribution in [-0.2, 0) is 19.1 Å². The van der Waals surface area contributed by atoms with Crippen LogP contribution in [0.2, 0.25) is 0 Å². The van der Waals surface area contributed by atoms with Crippen molar-refractivity contribution in [3.8, 4) is 11.1 Å². The number of carbonyl (C=O) groups excluding carboxylic acids is 3. The predicted octanol–water partition coefficient (Wildman–Crippen LogP) is 3.69. The summed E-state index contributed by atoms with van der Waals surface area (Å²) >= 11 is 0. The van der Waals surface area contributed by atoms with E-state index < -0.39 is 17.7 Å². The highest BCUT2D eigenvalue weighted by atomic mass is 16.7. The number of ether oxygens (including phenoxy) is 2. The molecular formula is C21H19NO5. The van der Waals surface area contributed by atoms with E-state index in [1.807, 2.05) is 30.3 Å². The molecule has 0 saturated carbocycles. The van der Waals surface area contributed by atoms with E-state index in [1.165, 1.54) is 27.0 Å². The number of carbonyl (C=O) groups is 3. The van der Waals surface area contributed by atoms with Gasteiger partial charge >= 0.3 is 11.9 Å². The van der Waals surface area contributed by atoms with Crippen molar-refractivity contribution in [2.24, 2.45) is 0 Å². The zero-order chi connectivity index (χ0) is 19.6. The summed E-state index contributed by atoms with van der Waals surface area (Å²) in [4.78, 5) is 35.3. The van der Waals surface area contributed by atoms with Crippen molar-refractivity contribution >= 4 is 23.4 Å². The predicted molar refractivity (Wildman–Crippen MR) is 99.9 cm³/mol. The number of hydrogen-bond acceptors (Lipinski definition) is 6. The van der Waals surface area contributed by atoms with E-state index in [0.717, 1.165) is 11.1 Å². The lowest BCUT2D eigenvalue weighted by Gasteiger charge is -2.29. The second-order valence-electron chi connectivity index (χ2n) is 6.60. The molecule has 0 atom stereocenters. The number of ketones is 1. The summed E-state index contributed by atoms with van der Waals surface area (Å²) in [6.45, 7) is 4.52. The Morgan fingerprint density at radius 1 is 0.963 bits per heavy atom. The number of benzene rings is 2. The molecule has 0 aliphatic carbocycles. The van der Waals surface area contributed by atoms with Gasteiger partial charge < -0.3 is 14.8 Å². The molecular weight excluding hydrogens is 346 g/mol. The zero-order valence-electron chi connectivity index (χ0n) is 15.2. The van der Waals surface area contributed by atoms with Crippen LogP contribution in [0, 0.1) is 0 Å². The average Bonchev–Trinajstić information content (AvgIpc) is 2.60. The first kappa shape index (κ1) is 18.4. The minimum absolute atomic E-state index is 0.0104. The Bertz CT molecular complexity index is 919. The van der Waals surface area contributed by atoms with Crippen molar-refractivity contribution < 1.29 is 23.9 Å². The van der Waals surface area contributed by atoms with E-state index in [1.54, 1.807) is 18.2 Å². The van der Waals surface area contributed by atoms with Gasteiger partial charge in [0.1, 0.15) is 0 Å². The Morgan fingerprint density at radius 2 is 1.59 bits per heavy atom. The van der Waals surface area contributed by atoms with Gasteiger partial charge in [-0.2, -0.15) is 0 Å². The van der Waals surface area contributed by atoms with Gasteiger partial charge in [0.05, 0.1) is 0 Å². The molecule has 1 heterocycles. The van der Waals surface area contributed by atoms with E-state index in [-0.39, 0.29) is 11.4 Å². The van der Waals surface area contributed by atoms with E-state index in [0.29, 0.717) is 11.3 Å². The van der Waals surface area contributed by atoms with Gasteiger partial charge in [-0.3, -0.25) is 4.79 Å². The Morgan fingerprint density at radius 3 is 2.19 bits per heavy atom. The Labute approximate surface area is 156 Å². The molecule has 1 N–H and O–H groups in total. The van der Waals surface area contributed by atoms with Gasteiger partial charge in [0.2, 0.25) is 0 Å². The van der Waals surface area contributed by atoms with Crippen LogP contribution in [0.25, 0.3) is 11.1 Å². The molecule has 27 heavy (non-hydrogen) atoms. The molecule has 0 unspecified atom stereocenters.